The molecule has 10 heteroatoms. The molecule has 0 unspecified atom stereocenters. The van der Waals surface area contributed by atoms with Crippen molar-refractivity contribution in [2.24, 2.45) is 5.92 Å². The van der Waals surface area contributed by atoms with Gasteiger partial charge in [0.25, 0.3) is 0 Å². The number of sulfonamides is 1. The van der Waals surface area contributed by atoms with E-state index in [0.29, 0.717) is 30.9 Å². The van der Waals surface area contributed by atoms with Crippen molar-refractivity contribution in [3.8, 4) is 0 Å². The highest BCUT2D eigenvalue weighted by atomic mass is 32.2. The Balaban J connectivity index is 1.38. The molecule has 0 spiro atoms. The summed E-state index contributed by atoms with van der Waals surface area (Å²) in [7, 11) is -3.69. The van der Waals surface area contributed by atoms with Crippen LogP contribution in [-0.4, -0.2) is 46.7 Å². The molecule has 1 amide bonds. The Morgan fingerprint density at radius 1 is 1.12 bits per heavy atom. The van der Waals surface area contributed by atoms with Crippen molar-refractivity contribution < 1.29 is 17.7 Å². The van der Waals surface area contributed by atoms with Crippen molar-refractivity contribution in [1.82, 2.24) is 19.2 Å². The molecule has 170 valence electrons. The van der Waals surface area contributed by atoms with E-state index in [1.54, 1.807) is 30.8 Å². The van der Waals surface area contributed by atoms with Gasteiger partial charge in [-0.15, -0.1) is 0 Å². The molecule has 0 radical (unpaired) electrons. The maximum Gasteiger partial charge on any atom is 0.248 e. The van der Waals surface area contributed by atoms with Crippen molar-refractivity contribution in [3.05, 3.63) is 59.1 Å². The number of hydrogen-bond acceptors (Lipinski definition) is 6. The van der Waals surface area contributed by atoms with Gasteiger partial charge in [-0.1, -0.05) is 35.0 Å². The van der Waals surface area contributed by atoms with Gasteiger partial charge in [-0.25, -0.2) is 13.1 Å². The molecular weight excluding hydrogens is 430 g/mol. The predicted octanol–water partition coefficient (Wildman–Crippen LogP) is 2.88. The second-order valence-electron chi connectivity index (χ2n) is 8.18. The first-order chi connectivity index (χ1) is 15.3. The molecule has 3 heterocycles. The van der Waals surface area contributed by atoms with Crippen LogP contribution >= 0.6 is 0 Å². The van der Waals surface area contributed by atoms with Crippen LogP contribution in [0.1, 0.15) is 35.4 Å². The topological polar surface area (TPSA) is 110 Å². The van der Waals surface area contributed by atoms with Crippen molar-refractivity contribution >= 4 is 21.7 Å². The molecular formula is C22H27N5O4S. The molecule has 1 aliphatic rings. The molecule has 0 aliphatic carbocycles. The van der Waals surface area contributed by atoms with E-state index in [1.807, 2.05) is 31.2 Å². The third-order valence-corrected chi connectivity index (χ3v) is 7.95. The summed E-state index contributed by atoms with van der Waals surface area (Å²) < 4.78 is 34.1. The van der Waals surface area contributed by atoms with Crippen LogP contribution in [0.3, 0.4) is 0 Å². The third kappa shape index (κ3) is 4.46. The number of nitrogens with zero attached hydrogens (tertiary/aromatic N) is 4. The average Bonchev–Trinajstić information content (AvgIpc) is 3.35. The van der Waals surface area contributed by atoms with Gasteiger partial charge in [0.15, 0.2) is 5.76 Å². The lowest BCUT2D eigenvalue weighted by molar-refractivity contribution is -0.121. The Hall–Kier alpha value is -2.98. The Morgan fingerprint density at radius 2 is 1.81 bits per heavy atom. The Labute approximate surface area is 187 Å². The number of aromatic nitrogens is 3. The number of rotatable bonds is 6. The number of benzene rings is 1. The molecule has 32 heavy (non-hydrogen) atoms. The van der Waals surface area contributed by atoms with Crippen LogP contribution in [0.2, 0.25) is 0 Å². The first-order valence-electron chi connectivity index (χ1n) is 10.6. The molecule has 1 fully saturated rings. The molecule has 1 aliphatic heterocycles. The van der Waals surface area contributed by atoms with Crippen molar-refractivity contribution in [2.45, 2.75) is 45.1 Å². The first kappa shape index (κ1) is 22.2. The molecule has 2 aromatic heterocycles. The van der Waals surface area contributed by atoms with Gasteiger partial charge >= 0.3 is 0 Å². The molecule has 4 rings (SSSR count). The van der Waals surface area contributed by atoms with Crippen LogP contribution in [0.15, 0.2) is 45.9 Å². The number of anilines is 1. The summed E-state index contributed by atoms with van der Waals surface area (Å²) in [5.41, 5.74) is 2.63. The standard InChI is InChI=1S/C22H27N5O4S/c1-15-4-6-18(7-5-15)14-27-20(8-11-23-27)24-22(28)19-9-12-26(13-10-19)32(29,30)21-16(2)25-31-17(21)3/h4-8,11,19H,9-10,12-14H2,1-3H3,(H,24,28). The number of amides is 1. The van der Waals surface area contributed by atoms with Gasteiger partial charge in [0.1, 0.15) is 16.4 Å². The van der Waals surface area contributed by atoms with Crippen LogP contribution in [-0.2, 0) is 21.4 Å². The van der Waals surface area contributed by atoms with Crippen LogP contribution < -0.4 is 5.32 Å². The van der Waals surface area contributed by atoms with Crippen LogP contribution in [0.4, 0.5) is 5.82 Å². The normalized spacial score (nSPS) is 15.7. The van der Waals surface area contributed by atoms with E-state index < -0.39 is 10.0 Å². The van der Waals surface area contributed by atoms with Crippen molar-refractivity contribution in [1.29, 1.82) is 0 Å². The van der Waals surface area contributed by atoms with E-state index in [2.05, 4.69) is 15.6 Å². The van der Waals surface area contributed by atoms with E-state index in [0.717, 1.165) is 5.56 Å². The number of aryl methyl sites for hydroxylation is 3. The van der Waals surface area contributed by atoms with E-state index >= 15 is 0 Å². The van der Waals surface area contributed by atoms with E-state index in [-0.39, 0.29) is 35.6 Å². The maximum atomic E-state index is 13.0. The van der Waals surface area contributed by atoms with Gasteiger partial charge in [-0.3, -0.25) is 4.79 Å². The summed E-state index contributed by atoms with van der Waals surface area (Å²) in [6.45, 7) is 6.34. The number of carbonyl (C=O) groups is 1. The summed E-state index contributed by atoms with van der Waals surface area (Å²) in [4.78, 5) is 13.0. The van der Waals surface area contributed by atoms with Crippen molar-refractivity contribution in [2.75, 3.05) is 18.4 Å². The summed E-state index contributed by atoms with van der Waals surface area (Å²) in [6.07, 6.45) is 2.55. The molecule has 0 bridgehead atoms. The molecule has 9 nitrogen and oxygen atoms in total. The van der Waals surface area contributed by atoms with E-state index in [1.165, 1.54) is 9.87 Å². The van der Waals surface area contributed by atoms with Crippen LogP contribution in [0, 0.1) is 26.7 Å². The fraction of sp³-hybridized carbons (Fsp3) is 0.409. The second kappa shape index (κ2) is 8.87. The lowest BCUT2D eigenvalue weighted by Crippen LogP contribution is -2.41. The average molecular weight is 458 g/mol. The SMILES string of the molecule is Cc1ccc(Cn2nccc2NC(=O)C2CCN(S(=O)(=O)c3c(C)noc3C)CC2)cc1. The summed E-state index contributed by atoms with van der Waals surface area (Å²) in [6, 6.07) is 9.93. The van der Waals surface area contributed by atoms with Crippen LogP contribution in [0.25, 0.3) is 0 Å². The third-order valence-electron chi connectivity index (χ3n) is 5.81. The molecule has 1 saturated heterocycles. The molecule has 3 aromatic rings. The first-order valence-corrected chi connectivity index (χ1v) is 12.0. The minimum absolute atomic E-state index is 0.120. The van der Waals surface area contributed by atoms with Gasteiger partial charge in [-0.05, 0) is 39.2 Å². The second-order valence-corrected chi connectivity index (χ2v) is 10.1. The summed E-state index contributed by atoms with van der Waals surface area (Å²) >= 11 is 0. The largest absolute Gasteiger partial charge is 0.360 e. The van der Waals surface area contributed by atoms with Gasteiger partial charge < -0.3 is 9.84 Å². The zero-order valence-electron chi connectivity index (χ0n) is 18.4. The Morgan fingerprint density at radius 3 is 2.44 bits per heavy atom. The Kier molecular flexibility index (Phi) is 6.16. The number of carbonyl (C=O) groups excluding carboxylic acids is 1. The quantitative estimate of drug-likeness (QED) is 0.609. The fourth-order valence-electron chi connectivity index (χ4n) is 3.99. The highest BCUT2D eigenvalue weighted by Crippen LogP contribution is 2.28. The highest BCUT2D eigenvalue weighted by Gasteiger charge is 2.35. The molecule has 0 atom stereocenters. The van der Waals surface area contributed by atoms with Gasteiger partial charge in [0.05, 0.1) is 12.7 Å². The van der Waals surface area contributed by atoms with Crippen molar-refractivity contribution in [3.63, 3.8) is 0 Å². The highest BCUT2D eigenvalue weighted by molar-refractivity contribution is 7.89. The van der Waals surface area contributed by atoms with Crippen LogP contribution in [0.5, 0.6) is 0 Å². The summed E-state index contributed by atoms with van der Waals surface area (Å²) in [5.74, 6) is 0.518. The Bertz CT molecular complexity index is 1190. The summed E-state index contributed by atoms with van der Waals surface area (Å²) in [5, 5.41) is 11.0. The monoisotopic (exact) mass is 457 g/mol. The van der Waals surface area contributed by atoms with E-state index in [4.69, 9.17) is 4.52 Å². The molecule has 1 aromatic carbocycles. The lowest BCUT2D eigenvalue weighted by atomic mass is 9.97. The predicted molar refractivity (Wildman–Crippen MR) is 119 cm³/mol. The molecule has 0 saturated carbocycles. The zero-order valence-corrected chi connectivity index (χ0v) is 19.2. The minimum Gasteiger partial charge on any atom is -0.360 e. The minimum atomic E-state index is -3.69. The van der Waals surface area contributed by atoms with Gasteiger partial charge in [0, 0.05) is 25.1 Å². The maximum absolute atomic E-state index is 13.0. The smallest absolute Gasteiger partial charge is 0.248 e. The number of piperidine rings is 1. The lowest BCUT2D eigenvalue weighted by Gasteiger charge is -2.30. The fourth-order valence-corrected chi connectivity index (χ4v) is 5.75. The van der Waals surface area contributed by atoms with Gasteiger partial charge in [-0.2, -0.15) is 9.40 Å². The van der Waals surface area contributed by atoms with E-state index in [9.17, 15) is 13.2 Å². The number of nitrogens with one attached hydrogen (secondary N) is 1. The number of hydrogen-bond donors (Lipinski definition) is 1. The zero-order chi connectivity index (χ0) is 22.9. The molecule has 1 N–H and O–H groups in total. The van der Waals surface area contributed by atoms with Gasteiger partial charge in [0.2, 0.25) is 15.9 Å².